The van der Waals surface area contributed by atoms with Crippen molar-refractivity contribution in [3.8, 4) is 0 Å². The van der Waals surface area contributed by atoms with Crippen LogP contribution in [-0.2, 0) is 5.41 Å². The van der Waals surface area contributed by atoms with E-state index in [2.05, 4.69) is 0 Å². The Morgan fingerprint density at radius 3 is 2.16 bits per heavy atom. The van der Waals surface area contributed by atoms with Gasteiger partial charge in [0.15, 0.2) is 0 Å². The minimum atomic E-state index is -0.415. The molecule has 2 N–H and O–H groups in total. The predicted molar refractivity (Wildman–Crippen MR) is 72.8 cm³/mol. The maximum atomic E-state index is 13.3. The Balaban J connectivity index is 2.35. The fraction of sp³-hybridized carbons (Fsp3) is 0.250. The Hall–Kier alpha value is -1.74. The molecule has 0 spiro atoms. The van der Waals surface area contributed by atoms with Crippen molar-refractivity contribution in [1.82, 2.24) is 0 Å². The number of benzene rings is 2. The summed E-state index contributed by atoms with van der Waals surface area (Å²) in [7, 11) is 0. The molecule has 0 amide bonds. The molecule has 0 aliphatic heterocycles. The highest BCUT2D eigenvalue weighted by Crippen LogP contribution is 2.35. The molecule has 2 aromatic carbocycles. The van der Waals surface area contributed by atoms with Crippen LogP contribution < -0.4 is 5.73 Å². The molecule has 100 valence electrons. The second-order valence-corrected chi connectivity index (χ2v) is 5.26. The standard InChI is InChI=1S/C16H17F2N/c1-16(2,12-6-8-13(17)9-7-12)15(19)11-4-3-5-14(18)10-11/h3-10,15H,19H2,1-2H3. The van der Waals surface area contributed by atoms with E-state index < -0.39 is 5.41 Å². The summed E-state index contributed by atoms with van der Waals surface area (Å²) in [5, 5.41) is 0. The third-order valence-corrected chi connectivity index (χ3v) is 3.57. The molecule has 1 nitrogen and oxygen atoms in total. The van der Waals surface area contributed by atoms with Gasteiger partial charge in [-0.2, -0.15) is 0 Å². The number of hydrogen-bond donors (Lipinski definition) is 1. The van der Waals surface area contributed by atoms with Crippen LogP contribution in [-0.4, -0.2) is 0 Å². The minimum Gasteiger partial charge on any atom is -0.323 e. The van der Waals surface area contributed by atoms with Crippen molar-refractivity contribution < 1.29 is 8.78 Å². The van der Waals surface area contributed by atoms with Crippen LogP contribution in [0, 0.1) is 11.6 Å². The summed E-state index contributed by atoms with van der Waals surface area (Å²) >= 11 is 0. The smallest absolute Gasteiger partial charge is 0.123 e. The quantitative estimate of drug-likeness (QED) is 0.889. The zero-order valence-corrected chi connectivity index (χ0v) is 11.0. The van der Waals surface area contributed by atoms with E-state index in [9.17, 15) is 8.78 Å². The Labute approximate surface area is 112 Å². The highest BCUT2D eigenvalue weighted by Gasteiger charge is 2.29. The molecular weight excluding hydrogens is 244 g/mol. The summed E-state index contributed by atoms with van der Waals surface area (Å²) in [5.74, 6) is -0.582. The lowest BCUT2D eigenvalue weighted by molar-refractivity contribution is 0.418. The van der Waals surface area contributed by atoms with Gasteiger partial charge < -0.3 is 5.73 Å². The molecule has 0 heterocycles. The first-order chi connectivity index (χ1) is 8.91. The SMILES string of the molecule is CC(C)(c1ccc(F)cc1)C(N)c1cccc(F)c1. The average molecular weight is 261 g/mol. The highest BCUT2D eigenvalue weighted by atomic mass is 19.1. The summed E-state index contributed by atoms with van der Waals surface area (Å²) in [5.41, 5.74) is 7.49. The zero-order valence-electron chi connectivity index (χ0n) is 11.0. The van der Waals surface area contributed by atoms with E-state index in [0.29, 0.717) is 0 Å². The van der Waals surface area contributed by atoms with Crippen molar-refractivity contribution in [3.63, 3.8) is 0 Å². The molecule has 0 radical (unpaired) electrons. The molecule has 0 saturated heterocycles. The number of halogens is 2. The molecule has 1 atom stereocenters. The van der Waals surface area contributed by atoms with Gasteiger partial charge in [-0.05, 0) is 35.4 Å². The van der Waals surface area contributed by atoms with Crippen LogP contribution in [0.1, 0.15) is 31.0 Å². The van der Waals surface area contributed by atoms with Gasteiger partial charge in [-0.3, -0.25) is 0 Å². The van der Waals surface area contributed by atoms with Gasteiger partial charge in [-0.1, -0.05) is 38.1 Å². The van der Waals surface area contributed by atoms with E-state index >= 15 is 0 Å². The topological polar surface area (TPSA) is 26.0 Å². The Morgan fingerprint density at radius 1 is 0.947 bits per heavy atom. The van der Waals surface area contributed by atoms with Gasteiger partial charge >= 0.3 is 0 Å². The maximum absolute atomic E-state index is 13.3. The zero-order chi connectivity index (χ0) is 14.0. The van der Waals surface area contributed by atoms with Crippen molar-refractivity contribution in [2.75, 3.05) is 0 Å². The van der Waals surface area contributed by atoms with Gasteiger partial charge in [0.05, 0.1) is 0 Å². The van der Waals surface area contributed by atoms with E-state index in [-0.39, 0.29) is 17.7 Å². The maximum Gasteiger partial charge on any atom is 0.123 e. The van der Waals surface area contributed by atoms with Crippen molar-refractivity contribution in [2.45, 2.75) is 25.3 Å². The van der Waals surface area contributed by atoms with Gasteiger partial charge in [0.2, 0.25) is 0 Å². The van der Waals surface area contributed by atoms with E-state index in [4.69, 9.17) is 5.73 Å². The van der Waals surface area contributed by atoms with Crippen molar-refractivity contribution in [2.24, 2.45) is 5.73 Å². The van der Waals surface area contributed by atoms with E-state index in [1.165, 1.54) is 24.3 Å². The lowest BCUT2D eigenvalue weighted by Gasteiger charge is -2.32. The summed E-state index contributed by atoms with van der Waals surface area (Å²) in [6, 6.07) is 12.2. The number of rotatable bonds is 3. The van der Waals surface area contributed by atoms with E-state index in [1.54, 1.807) is 24.3 Å². The Kier molecular flexibility index (Phi) is 3.67. The molecule has 2 aromatic rings. The fourth-order valence-electron chi connectivity index (χ4n) is 2.18. The van der Waals surface area contributed by atoms with Crippen molar-refractivity contribution in [1.29, 1.82) is 0 Å². The highest BCUT2D eigenvalue weighted by molar-refractivity contribution is 5.32. The second-order valence-electron chi connectivity index (χ2n) is 5.26. The van der Waals surface area contributed by atoms with Crippen LogP contribution in [0.2, 0.25) is 0 Å². The van der Waals surface area contributed by atoms with Crippen LogP contribution >= 0.6 is 0 Å². The first-order valence-electron chi connectivity index (χ1n) is 6.18. The third-order valence-electron chi connectivity index (χ3n) is 3.57. The van der Waals surface area contributed by atoms with E-state index in [1.807, 2.05) is 13.8 Å². The van der Waals surface area contributed by atoms with Gasteiger partial charge in [0.25, 0.3) is 0 Å². The fourth-order valence-corrected chi connectivity index (χ4v) is 2.18. The molecule has 0 aliphatic rings. The molecule has 0 saturated carbocycles. The predicted octanol–water partition coefficient (Wildman–Crippen LogP) is 3.94. The first-order valence-corrected chi connectivity index (χ1v) is 6.18. The molecule has 0 aromatic heterocycles. The monoisotopic (exact) mass is 261 g/mol. The van der Waals surface area contributed by atoms with Crippen molar-refractivity contribution >= 4 is 0 Å². The van der Waals surface area contributed by atoms with Gasteiger partial charge in [-0.15, -0.1) is 0 Å². The largest absolute Gasteiger partial charge is 0.323 e. The van der Waals surface area contributed by atoms with Crippen LogP contribution in [0.4, 0.5) is 8.78 Å². The van der Waals surface area contributed by atoms with Gasteiger partial charge in [-0.25, -0.2) is 8.78 Å². The Bertz CT molecular complexity index is 561. The first kappa shape index (κ1) is 13.7. The van der Waals surface area contributed by atoms with Gasteiger partial charge in [0, 0.05) is 11.5 Å². The Morgan fingerprint density at radius 2 is 1.58 bits per heavy atom. The molecule has 0 aliphatic carbocycles. The molecular formula is C16H17F2N. The van der Waals surface area contributed by atoms with Crippen LogP contribution in [0.25, 0.3) is 0 Å². The average Bonchev–Trinajstić information content (AvgIpc) is 2.38. The molecule has 3 heteroatoms. The van der Waals surface area contributed by atoms with Crippen LogP contribution in [0.5, 0.6) is 0 Å². The lowest BCUT2D eigenvalue weighted by atomic mass is 9.75. The summed E-state index contributed by atoms with van der Waals surface area (Å²) < 4.78 is 26.2. The number of hydrogen-bond acceptors (Lipinski definition) is 1. The second kappa shape index (κ2) is 5.10. The summed E-state index contributed by atoms with van der Waals surface area (Å²) in [6.45, 7) is 3.94. The third kappa shape index (κ3) is 2.82. The molecule has 0 fully saturated rings. The number of nitrogens with two attached hydrogens (primary N) is 1. The van der Waals surface area contributed by atoms with Crippen LogP contribution in [0.15, 0.2) is 48.5 Å². The molecule has 2 rings (SSSR count). The summed E-state index contributed by atoms with van der Waals surface area (Å²) in [6.07, 6.45) is 0. The van der Waals surface area contributed by atoms with E-state index in [0.717, 1.165) is 11.1 Å². The lowest BCUT2D eigenvalue weighted by Crippen LogP contribution is -2.33. The normalized spacial score (nSPS) is 13.3. The minimum absolute atomic E-state index is 0.279. The van der Waals surface area contributed by atoms with Crippen molar-refractivity contribution in [3.05, 3.63) is 71.3 Å². The van der Waals surface area contributed by atoms with Crippen LogP contribution in [0.3, 0.4) is 0 Å². The molecule has 19 heavy (non-hydrogen) atoms. The summed E-state index contributed by atoms with van der Waals surface area (Å²) in [4.78, 5) is 0. The molecule has 1 unspecified atom stereocenters. The molecule has 0 bridgehead atoms. The van der Waals surface area contributed by atoms with Gasteiger partial charge in [0.1, 0.15) is 11.6 Å².